The molecular formula is C18H13ClF3N3O2. The topological polar surface area (TPSA) is 56.1 Å². The predicted octanol–water partition coefficient (Wildman–Crippen LogP) is 4.51. The SMILES string of the molecule is O=c1nc(NC2CC2)c2ccc(OC(F)(F)F)cc2n1-c1ccccc1Cl. The van der Waals surface area contributed by atoms with E-state index in [1.807, 2.05) is 0 Å². The van der Waals surface area contributed by atoms with E-state index in [0.717, 1.165) is 18.9 Å². The lowest BCUT2D eigenvalue weighted by molar-refractivity contribution is -0.274. The van der Waals surface area contributed by atoms with Crippen LogP contribution in [0.4, 0.5) is 19.0 Å². The van der Waals surface area contributed by atoms with Crippen molar-refractivity contribution in [1.82, 2.24) is 9.55 Å². The highest BCUT2D eigenvalue weighted by Gasteiger charge is 2.31. The summed E-state index contributed by atoms with van der Waals surface area (Å²) >= 11 is 6.20. The van der Waals surface area contributed by atoms with E-state index in [-0.39, 0.29) is 16.6 Å². The van der Waals surface area contributed by atoms with E-state index < -0.39 is 17.8 Å². The van der Waals surface area contributed by atoms with Crippen LogP contribution in [0.25, 0.3) is 16.6 Å². The van der Waals surface area contributed by atoms with E-state index >= 15 is 0 Å². The molecule has 0 amide bonds. The molecule has 0 spiro atoms. The summed E-state index contributed by atoms with van der Waals surface area (Å²) in [6, 6.07) is 10.5. The van der Waals surface area contributed by atoms with Crippen LogP contribution in [0, 0.1) is 0 Å². The van der Waals surface area contributed by atoms with Crippen LogP contribution in [-0.4, -0.2) is 22.0 Å². The van der Waals surface area contributed by atoms with Crippen LogP contribution >= 0.6 is 11.6 Å². The molecule has 140 valence electrons. The number of halogens is 4. The molecule has 1 N–H and O–H groups in total. The van der Waals surface area contributed by atoms with E-state index in [4.69, 9.17) is 11.6 Å². The van der Waals surface area contributed by atoms with E-state index in [1.165, 1.54) is 16.7 Å². The molecule has 0 bridgehead atoms. The number of ether oxygens (including phenoxy) is 1. The van der Waals surface area contributed by atoms with Crippen LogP contribution < -0.4 is 15.7 Å². The van der Waals surface area contributed by atoms with Gasteiger partial charge >= 0.3 is 12.1 Å². The largest absolute Gasteiger partial charge is 0.573 e. The molecule has 0 atom stereocenters. The van der Waals surface area contributed by atoms with Crippen molar-refractivity contribution in [2.75, 3.05) is 5.32 Å². The quantitative estimate of drug-likeness (QED) is 0.706. The van der Waals surface area contributed by atoms with Gasteiger partial charge in [0.15, 0.2) is 0 Å². The zero-order valence-electron chi connectivity index (χ0n) is 13.8. The number of hydrogen-bond acceptors (Lipinski definition) is 4. The molecule has 2 aromatic carbocycles. The molecule has 5 nitrogen and oxygen atoms in total. The lowest BCUT2D eigenvalue weighted by Crippen LogP contribution is -2.24. The van der Waals surface area contributed by atoms with E-state index in [0.29, 0.717) is 16.9 Å². The van der Waals surface area contributed by atoms with Gasteiger partial charge in [0, 0.05) is 17.5 Å². The molecular weight excluding hydrogens is 383 g/mol. The van der Waals surface area contributed by atoms with Gasteiger partial charge < -0.3 is 10.1 Å². The van der Waals surface area contributed by atoms with Gasteiger partial charge in [0.05, 0.1) is 16.2 Å². The Bertz CT molecular complexity index is 1080. The van der Waals surface area contributed by atoms with Crippen molar-refractivity contribution in [2.45, 2.75) is 25.2 Å². The van der Waals surface area contributed by atoms with Gasteiger partial charge in [-0.25, -0.2) is 4.79 Å². The maximum Gasteiger partial charge on any atom is 0.573 e. The van der Waals surface area contributed by atoms with Crippen molar-refractivity contribution in [3.63, 3.8) is 0 Å². The normalized spacial score (nSPS) is 14.4. The highest BCUT2D eigenvalue weighted by Crippen LogP contribution is 2.33. The van der Waals surface area contributed by atoms with Crippen LogP contribution in [-0.2, 0) is 0 Å². The number of aromatic nitrogens is 2. The molecule has 1 saturated carbocycles. The first-order valence-corrected chi connectivity index (χ1v) is 8.53. The molecule has 0 aliphatic heterocycles. The Morgan fingerprint density at radius 1 is 1.19 bits per heavy atom. The summed E-state index contributed by atoms with van der Waals surface area (Å²) in [6.45, 7) is 0. The van der Waals surface area contributed by atoms with Gasteiger partial charge in [0.2, 0.25) is 0 Å². The number of rotatable bonds is 4. The third-order valence-electron chi connectivity index (χ3n) is 4.11. The molecule has 1 fully saturated rings. The Hall–Kier alpha value is -2.74. The predicted molar refractivity (Wildman–Crippen MR) is 95.7 cm³/mol. The average molecular weight is 396 g/mol. The van der Waals surface area contributed by atoms with Gasteiger partial charge in [0.25, 0.3) is 0 Å². The fourth-order valence-electron chi connectivity index (χ4n) is 2.80. The smallest absolute Gasteiger partial charge is 0.406 e. The second kappa shape index (κ2) is 6.45. The van der Waals surface area contributed by atoms with E-state index in [2.05, 4.69) is 15.0 Å². The molecule has 4 rings (SSSR count). The summed E-state index contributed by atoms with van der Waals surface area (Å²) in [5, 5.41) is 3.91. The van der Waals surface area contributed by atoms with E-state index in [1.54, 1.807) is 24.3 Å². The van der Waals surface area contributed by atoms with Crippen LogP contribution in [0.2, 0.25) is 5.02 Å². The zero-order chi connectivity index (χ0) is 19.2. The van der Waals surface area contributed by atoms with Crippen LogP contribution in [0.1, 0.15) is 12.8 Å². The van der Waals surface area contributed by atoms with Crippen LogP contribution in [0.3, 0.4) is 0 Å². The third kappa shape index (κ3) is 3.71. The minimum absolute atomic E-state index is 0.211. The summed E-state index contributed by atoms with van der Waals surface area (Å²) in [5.74, 6) is -0.0989. The Kier molecular flexibility index (Phi) is 4.22. The molecule has 0 radical (unpaired) electrons. The lowest BCUT2D eigenvalue weighted by atomic mass is 10.2. The molecule has 3 aromatic rings. The monoisotopic (exact) mass is 395 g/mol. The first-order chi connectivity index (χ1) is 12.8. The Morgan fingerprint density at radius 3 is 2.59 bits per heavy atom. The van der Waals surface area contributed by atoms with Gasteiger partial charge in [-0.05, 0) is 37.1 Å². The summed E-state index contributed by atoms with van der Waals surface area (Å²) < 4.78 is 43.1. The van der Waals surface area contributed by atoms with Gasteiger partial charge in [-0.1, -0.05) is 23.7 Å². The molecule has 1 aliphatic carbocycles. The fourth-order valence-corrected chi connectivity index (χ4v) is 3.02. The molecule has 0 unspecified atom stereocenters. The van der Waals surface area contributed by atoms with Crippen LogP contribution in [0.15, 0.2) is 47.3 Å². The van der Waals surface area contributed by atoms with Crippen molar-refractivity contribution in [2.24, 2.45) is 0 Å². The number of anilines is 1. The number of benzene rings is 2. The van der Waals surface area contributed by atoms with Gasteiger partial charge in [-0.2, -0.15) is 4.98 Å². The van der Waals surface area contributed by atoms with E-state index in [9.17, 15) is 18.0 Å². The number of hydrogen-bond donors (Lipinski definition) is 1. The second-order valence-corrected chi connectivity index (χ2v) is 6.58. The molecule has 9 heteroatoms. The summed E-state index contributed by atoms with van der Waals surface area (Å²) in [6.07, 6.45) is -2.94. The highest BCUT2D eigenvalue weighted by molar-refractivity contribution is 6.32. The maximum absolute atomic E-state index is 12.7. The van der Waals surface area contributed by atoms with Crippen LogP contribution in [0.5, 0.6) is 5.75 Å². The van der Waals surface area contributed by atoms with Gasteiger partial charge in [-0.15, -0.1) is 13.2 Å². The van der Waals surface area contributed by atoms with Crippen molar-refractivity contribution in [3.8, 4) is 11.4 Å². The number of nitrogens with one attached hydrogen (secondary N) is 1. The number of fused-ring (bicyclic) bond motifs is 1. The maximum atomic E-state index is 12.7. The molecule has 27 heavy (non-hydrogen) atoms. The fraction of sp³-hybridized carbons (Fsp3) is 0.222. The Morgan fingerprint density at radius 2 is 1.93 bits per heavy atom. The van der Waals surface area contributed by atoms with Gasteiger partial charge in [-0.3, -0.25) is 4.57 Å². The van der Waals surface area contributed by atoms with Gasteiger partial charge in [0.1, 0.15) is 11.6 Å². The van der Waals surface area contributed by atoms with Crippen molar-refractivity contribution < 1.29 is 17.9 Å². The first kappa shape index (κ1) is 17.7. The molecule has 0 saturated heterocycles. The number of alkyl halides is 3. The third-order valence-corrected chi connectivity index (χ3v) is 4.43. The lowest BCUT2D eigenvalue weighted by Gasteiger charge is -2.16. The molecule has 1 heterocycles. The zero-order valence-corrected chi connectivity index (χ0v) is 14.5. The minimum atomic E-state index is -4.84. The summed E-state index contributed by atoms with van der Waals surface area (Å²) in [5.41, 5.74) is -0.111. The summed E-state index contributed by atoms with van der Waals surface area (Å²) in [4.78, 5) is 16.8. The first-order valence-electron chi connectivity index (χ1n) is 8.16. The Balaban J connectivity index is 1.97. The molecule has 1 aromatic heterocycles. The van der Waals surface area contributed by atoms with Crippen molar-refractivity contribution in [1.29, 1.82) is 0 Å². The standard InChI is InChI=1S/C18H13ClF3N3O2/c19-13-3-1-2-4-14(13)25-15-9-11(27-18(20,21)22)7-8-12(15)16(24-17(25)26)23-10-5-6-10/h1-4,7-10H,5-6H2,(H,23,24,26). The van der Waals surface area contributed by atoms with Crippen molar-refractivity contribution >= 4 is 28.3 Å². The van der Waals surface area contributed by atoms with Crippen molar-refractivity contribution in [3.05, 3.63) is 58.0 Å². The summed E-state index contributed by atoms with van der Waals surface area (Å²) in [7, 11) is 0. The number of para-hydroxylation sites is 1. The minimum Gasteiger partial charge on any atom is -0.406 e. The highest BCUT2D eigenvalue weighted by atomic mass is 35.5. The number of nitrogens with zero attached hydrogens (tertiary/aromatic N) is 2. The average Bonchev–Trinajstić information content (AvgIpc) is 3.39. The second-order valence-electron chi connectivity index (χ2n) is 6.18. The Labute approximate surface area is 156 Å². The molecule has 1 aliphatic rings.